The maximum atomic E-state index is 9.68. The topological polar surface area (TPSA) is 72.7 Å². The highest BCUT2D eigenvalue weighted by molar-refractivity contribution is 8.93. The first-order valence-electron chi connectivity index (χ1n) is 6.30. The summed E-state index contributed by atoms with van der Waals surface area (Å²) in [5, 5.41) is 32.3. The van der Waals surface area contributed by atoms with E-state index in [0.29, 0.717) is 18.1 Å². The molecule has 2 aromatic rings. The molecule has 4 N–H and O–H groups in total. The molecule has 0 amide bonds. The van der Waals surface area contributed by atoms with Crippen LogP contribution in [0.3, 0.4) is 0 Å². The van der Waals surface area contributed by atoms with Crippen molar-refractivity contribution in [1.82, 2.24) is 5.32 Å². The molecule has 0 aliphatic carbocycles. The summed E-state index contributed by atoms with van der Waals surface area (Å²) in [4.78, 5) is 0. The van der Waals surface area contributed by atoms with E-state index in [1.807, 2.05) is 6.07 Å². The summed E-state index contributed by atoms with van der Waals surface area (Å²) in [6.45, 7) is 1.31. The van der Waals surface area contributed by atoms with Gasteiger partial charge < -0.3 is 20.6 Å². The van der Waals surface area contributed by atoms with E-state index in [9.17, 15) is 15.3 Å². The van der Waals surface area contributed by atoms with Gasteiger partial charge in [-0.3, -0.25) is 0 Å². The Bertz CT molecular complexity index is 678. The lowest BCUT2D eigenvalue weighted by molar-refractivity contribution is 0.402. The minimum atomic E-state index is -0.139. The molecule has 0 radical (unpaired) electrons. The summed E-state index contributed by atoms with van der Waals surface area (Å²) in [5.74, 6) is -0.189. The summed E-state index contributed by atoms with van der Waals surface area (Å²) >= 11 is 6.14. The number of fused-ring (bicyclic) bond motifs is 1. The van der Waals surface area contributed by atoms with Crippen molar-refractivity contribution in [2.24, 2.45) is 0 Å². The Morgan fingerprint density at radius 1 is 1.00 bits per heavy atom. The molecule has 1 heterocycles. The summed E-state index contributed by atoms with van der Waals surface area (Å²) in [7, 11) is 0. The van der Waals surface area contributed by atoms with E-state index in [2.05, 4.69) is 5.32 Å². The highest BCUT2D eigenvalue weighted by atomic mass is 79.9. The minimum absolute atomic E-state index is 0. The van der Waals surface area contributed by atoms with Crippen LogP contribution in [0.2, 0.25) is 5.02 Å². The molecular formula is C15H15BrClNO3. The highest BCUT2D eigenvalue weighted by Crippen LogP contribution is 2.39. The minimum Gasteiger partial charge on any atom is -0.506 e. The first-order chi connectivity index (χ1) is 9.58. The van der Waals surface area contributed by atoms with E-state index in [1.165, 1.54) is 6.07 Å². The number of rotatable bonds is 1. The Morgan fingerprint density at radius 3 is 2.43 bits per heavy atom. The average molecular weight is 373 g/mol. The lowest BCUT2D eigenvalue weighted by atomic mass is 9.85. The maximum absolute atomic E-state index is 9.68. The highest BCUT2D eigenvalue weighted by Gasteiger charge is 2.25. The zero-order valence-corrected chi connectivity index (χ0v) is 13.5. The first kappa shape index (κ1) is 15.9. The fourth-order valence-corrected chi connectivity index (χ4v) is 2.87. The van der Waals surface area contributed by atoms with Gasteiger partial charge in [-0.05, 0) is 34.9 Å². The number of hydrogen-bond acceptors (Lipinski definition) is 4. The fourth-order valence-electron chi connectivity index (χ4n) is 2.64. The Morgan fingerprint density at radius 2 is 1.71 bits per heavy atom. The average Bonchev–Trinajstić information content (AvgIpc) is 2.45. The maximum Gasteiger partial charge on any atom is 0.157 e. The van der Waals surface area contributed by atoms with Crippen LogP contribution in [-0.4, -0.2) is 21.9 Å². The molecule has 3 rings (SSSR count). The van der Waals surface area contributed by atoms with Crippen molar-refractivity contribution in [2.45, 2.75) is 12.5 Å². The molecule has 0 bridgehead atoms. The molecule has 0 aromatic heterocycles. The molecule has 0 saturated heterocycles. The summed E-state index contributed by atoms with van der Waals surface area (Å²) in [5.41, 5.74) is 2.78. The zero-order valence-electron chi connectivity index (χ0n) is 11.0. The quantitative estimate of drug-likeness (QED) is 0.580. The number of halogens is 2. The van der Waals surface area contributed by atoms with Crippen molar-refractivity contribution in [3.05, 3.63) is 52.0 Å². The van der Waals surface area contributed by atoms with E-state index in [1.54, 1.807) is 18.2 Å². The van der Waals surface area contributed by atoms with Crippen LogP contribution in [0.5, 0.6) is 17.2 Å². The molecule has 4 nitrogen and oxygen atoms in total. The molecule has 6 heteroatoms. The van der Waals surface area contributed by atoms with Crippen LogP contribution in [-0.2, 0) is 6.54 Å². The summed E-state index contributed by atoms with van der Waals surface area (Å²) in [6.07, 6.45) is 0. The lowest BCUT2D eigenvalue weighted by Gasteiger charge is -2.28. The van der Waals surface area contributed by atoms with Gasteiger partial charge in [0.25, 0.3) is 0 Å². The van der Waals surface area contributed by atoms with Crippen molar-refractivity contribution in [1.29, 1.82) is 0 Å². The van der Waals surface area contributed by atoms with Gasteiger partial charge in [-0.15, -0.1) is 17.0 Å². The standard InChI is InChI=1S/C15H14ClNO3.BrH/c16-15-11-7-17-6-10(9(11)2-4-13(15)19)8-1-3-12(18)14(20)5-8;/h1-5,10,17-20H,6-7H2;1H. The van der Waals surface area contributed by atoms with E-state index < -0.39 is 0 Å². The van der Waals surface area contributed by atoms with Crippen LogP contribution in [0, 0.1) is 0 Å². The number of hydrogen-bond donors (Lipinski definition) is 4. The molecule has 1 atom stereocenters. The Balaban J connectivity index is 0.00000161. The van der Waals surface area contributed by atoms with Crippen molar-refractivity contribution in [3.8, 4) is 17.2 Å². The SMILES string of the molecule is Br.Oc1ccc(C2CNCc3c2ccc(O)c3Cl)cc1O. The monoisotopic (exact) mass is 371 g/mol. The smallest absolute Gasteiger partial charge is 0.157 e. The van der Waals surface area contributed by atoms with Crippen LogP contribution in [0.15, 0.2) is 30.3 Å². The third-order valence-corrected chi connectivity index (χ3v) is 4.11. The van der Waals surface area contributed by atoms with Gasteiger partial charge in [-0.1, -0.05) is 23.7 Å². The van der Waals surface area contributed by atoms with Gasteiger partial charge in [-0.2, -0.15) is 0 Å². The van der Waals surface area contributed by atoms with Crippen molar-refractivity contribution in [2.75, 3.05) is 6.54 Å². The molecule has 1 unspecified atom stereocenters. The van der Waals surface area contributed by atoms with Crippen molar-refractivity contribution in [3.63, 3.8) is 0 Å². The summed E-state index contributed by atoms with van der Waals surface area (Å²) < 4.78 is 0. The zero-order chi connectivity index (χ0) is 14.3. The van der Waals surface area contributed by atoms with E-state index in [0.717, 1.165) is 16.7 Å². The lowest BCUT2D eigenvalue weighted by Crippen LogP contribution is -2.29. The predicted molar refractivity (Wildman–Crippen MR) is 86.8 cm³/mol. The largest absolute Gasteiger partial charge is 0.506 e. The fraction of sp³-hybridized carbons (Fsp3) is 0.200. The molecule has 1 aliphatic rings. The third-order valence-electron chi connectivity index (χ3n) is 3.69. The Kier molecular flexibility index (Phi) is 4.66. The van der Waals surface area contributed by atoms with Gasteiger partial charge in [0, 0.05) is 19.0 Å². The van der Waals surface area contributed by atoms with Gasteiger partial charge >= 0.3 is 0 Å². The molecule has 0 fully saturated rings. The molecule has 1 aliphatic heterocycles. The van der Waals surface area contributed by atoms with E-state index >= 15 is 0 Å². The van der Waals surface area contributed by atoms with Gasteiger partial charge in [-0.25, -0.2) is 0 Å². The molecule has 0 spiro atoms. The van der Waals surface area contributed by atoms with Crippen LogP contribution < -0.4 is 5.32 Å². The summed E-state index contributed by atoms with van der Waals surface area (Å²) in [6, 6.07) is 8.24. The van der Waals surface area contributed by atoms with Crippen molar-refractivity contribution >= 4 is 28.6 Å². The van der Waals surface area contributed by atoms with Crippen LogP contribution in [0.25, 0.3) is 0 Å². The van der Waals surface area contributed by atoms with Crippen LogP contribution in [0.1, 0.15) is 22.6 Å². The van der Waals surface area contributed by atoms with E-state index in [4.69, 9.17) is 11.6 Å². The predicted octanol–water partition coefficient (Wildman–Crippen LogP) is 3.27. The molecule has 21 heavy (non-hydrogen) atoms. The number of aromatic hydroxyl groups is 3. The second kappa shape index (κ2) is 6.13. The number of phenolic OH excluding ortho intramolecular Hbond substituents is 3. The van der Waals surface area contributed by atoms with E-state index in [-0.39, 0.29) is 40.1 Å². The van der Waals surface area contributed by atoms with Gasteiger partial charge in [0.1, 0.15) is 5.75 Å². The number of nitrogens with one attached hydrogen (secondary N) is 1. The molecule has 2 aromatic carbocycles. The molecule has 112 valence electrons. The Labute approximate surface area is 137 Å². The number of phenols is 3. The molecule has 0 saturated carbocycles. The second-order valence-corrected chi connectivity index (χ2v) is 5.28. The normalized spacial score (nSPS) is 16.9. The van der Waals surface area contributed by atoms with Gasteiger partial charge in [0.15, 0.2) is 11.5 Å². The van der Waals surface area contributed by atoms with Crippen LogP contribution in [0.4, 0.5) is 0 Å². The molecular weight excluding hydrogens is 358 g/mol. The van der Waals surface area contributed by atoms with Gasteiger partial charge in [0.2, 0.25) is 0 Å². The van der Waals surface area contributed by atoms with Gasteiger partial charge in [0.05, 0.1) is 5.02 Å². The first-order valence-corrected chi connectivity index (χ1v) is 6.68. The number of benzene rings is 2. The third kappa shape index (κ3) is 2.81. The van der Waals surface area contributed by atoms with Crippen molar-refractivity contribution < 1.29 is 15.3 Å². The van der Waals surface area contributed by atoms with Crippen LogP contribution >= 0.6 is 28.6 Å². The Hall–Kier alpha value is -1.43. The second-order valence-electron chi connectivity index (χ2n) is 4.90.